The standard InChI is InChI=1S/C15H20ClN3O/c1-15(2,8-9-20-3)10-17-14-12-7-5-4-6-11(12)13(16)18-19-14/h4-7H,8-10H2,1-3H3,(H,17,19). The van der Waals surface area contributed by atoms with Gasteiger partial charge in [0.05, 0.1) is 0 Å². The molecule has 0 atom stereocenters. The molecule has 0 unspecified atom stereocenters. The summed E-state index contributed by atoms with van der Waals surface area (Å²) in [5.74, 6) is 0.774. The lowest BCUT2D eigenvalue weighted by Crippen LogP contribution is -2.25. The highest BCUT2D eigenvalue weighted by Gasteiger charge is 2.18. The maximum atomic E-state index is 6.07. The van der Waals surface area contributed by atoms with Crippen LogP contribution in [0.2, 0.25) is 5.15 Å². The van der Waals surface area contributed by atoms with Crippen molar-refractivity contribution < 1.29 is 4.74 Å². The third-order valence-electron chi connectivity index (χ3n) is 3.36. The predicted octanol–water partition coefficient (Wildman–Crippen LogP) is 3.76. The first-order chi connectivity index (χ1) is 9.53. The zero-order chi connectivity index (χ0) is 14.6. The molecular formula is C15H20ClN3O. The predicted molar refractivity (Wildman–Crippen MR) is 83.3 cm³/mol. The third-order valence-corrected chi connectivity index (χ3v) is 3.64. The van der Waals surface area contributed by atoms with Crippen LogP contribution in [0.25, 0.3) is 10.8 Å². The van der Waals surface area contributed by atoms with E-state index in [1.54, 1.807) is 7.11 Å². The first-order valence-electron chi connectivity index (χ1n) is 6.67. The zero-order valence-electron chi connectivity index (χ0n) is 12.1. The summed E-state index contributed by atoms with van der Waals surface area (Å²) in [6.45, 7) is 5.95. The Bertz CT molecular complexity index is 586. The molecule has 0 amide bonds. The Morgan fingerprint density at radius 3 is 2.60 bits per heavy atom. The maximum absolute atomic E-state index is 6.07. The van der Waals surface area contributed by atoms with E-state index in [2.05, 4.69) is 29.4 Å². The van der Waals surface area contributed by atoms with Crippen LogP contribution >= 0.6 is 11.6 Å². The van der Waals surface area contributed by atoms with Gasteiger partial charge < -0.3 is 10.1 Å². The highest BCUT2D eigenvalue weighted by atomic mass is 35.5. The normalized spacial score (nSPS) is 11.8. The van der Waals surface area contributed by atoms with Crippen molar-refractivity contribution in [3.63, 3.8) is 0 Å². The van der Waals surface area contributed by atoms with Gasteiger partial charge in [0.15, 0.2) is 11.0 Å². The van der Waals surface area contributed by atoms with Crippen molar-refractivity contribution in [2.75, 3.05) is 25.6 Å². The van der Waals surface area contributed by atoms with Gasteiger partial charge in [-0.05, 0) is 11.8 Å². The molecule has 0 saturated heterocycles. The number of aromatic nitrogens is 2. The minimum Gasteiger partial charge on any atom is -0.385 e. The summed E-state index contributed by atoms with van der Waals surface area (Å²) in [5.41, 5.74) is 0.123. The Kier molecular flexibility index (Phi) is 4.78. The fraction of sp³-hybridized carbons (Fsp3) is 0.467. The van der Waals surface area contributed by atoms with Crippen LogP contribution in [0.3, 0.4) is 0 Å². The SMILES string of the molecule is COCCC(C)(C)CNc1nnc(Cl)c2ccccc12. The molecule has 108 valence electrons. The van der Waals surface area contributed by atoms with Crippen LogP contribution in [-0.4, -0.2) is 30.5 Å². The van der Waals surface area contributed by atoms with E-state index in [9.17, 15) is 0 Å². The minimum atomic E-state index is 0.123. The average molecular weight is 294 g/mol. The number of rotatable bonds is 6. The summed E-state index contributed by atoms with van der Waals surface area (Å²) < 4.78 is 5.14. The Balaban J connectivity index is 2.16. The van der Waals surface area contributed by atoms with Crippen molar-refractivity contribution in [2.24, 2.45) is 5.41 Å². The summed E-state index contributed by atoms with van der Waals surface area (Å²) >= 11 is 6.07. The average Bonchev–Trinajstić information content (AvgIpc) is 2.45. The summed E-state index contributed by atoms with van der Waals surface area (Å²) in [7, 11) is 1.72. The second kappa shape index (κ2) is 6.37. The minimum absolute atomic E-state index is 0.123. The lowest BCUT2D eigenvalue weighted by Gasteiger charge is -2.25. The number of benzene rings is 1. The summed E-state index contributed by atoms with van der Waals surface area (Å²) in [6, 6.07) is 7.87. The third kappa shape index (κ3) is 3.58. The van der Waals surface area contributed by atoms with Gasteiger partial charge in [-0.2, -0.15) is 0 Å². The lowest BCUT2D eigenvalue weighted by molar-refractivity contribution is 0.157. The number of anilines is 1. The van der Waals surface area contributed by atoms with E-state index >= 15 is 0 Å². The first kappa shape index (κ1) is 15.0. The molecule has 0 spiro atoms. The molecule has 0 radical (unpaired) electrons. The molecule has 20 heavy (non-hydrogen) atoms. The summed E-state index contributed by atoms with van der Waals surface area (Å²) in [5, 5.41) is 13.9. The molecule has 5 heteroatoms. The molecule has 0 aliphatic carbocycles. The monoisotopic (exact) mass is 293 g/mol. The highest BCUT2D eigenvalue weighted by molar-refractivity contribution is 6.34. The molecule has 1 heterocycles. The largest absolute Gasteiger partial charge is 0.385 e. The quantitative estimate of drug-likeness (QED) is 0.881. The van der Waals surface area contributed by atoms with E-state index < -0.39 is 0 Å². The van der Waals surface area contributed by atoms with Crippen LogP contribution in [0.4, 0.5) is 5.82 Å². The van der Waals surface area contributed by atoms with Gasteiger partial charge >= 0.3 is 0 Å². The molecule has 2 rings (SSSR count). The molecule has 1 aromatic heterocycles. The van der Waals surface area contributed by atoms with Crippen molar-refractivity contribution in [2.45, 2.75) is 20.3 Å². The van der Waals surface area contributed by atoms with Gasteiger partial charge in [-0.25, -0.2) is 0 Å². The second-order valence-electron chi connectivity index (χ2n) is 5.65. The fourth-order valence-electron chi connectivity index (χ4n) is 1.99. The van der Waals surface area contributed by atoms with E-state index in [1.807, 2.05) is 24.3 Å². The molecular weight excluding hydrogens is 274 g/mol. The molecule has 4 nitrogen and oxygen atoms in total. The van der Waals surface area contributed by atoms with Crippen LogP contribution in [0, 0.1) is 5.41 Å². The molecule has 0 saturated carbocycles. The number of halogens is 1. The molecule has 1 aromatic carbocycles. The molecule has 0 bridgehead atoms. The van der Waals surface area contributed by atoms with Gasteiger partial charge in [0.25, 0.3) is 0 Å². The van der Waals surface area contributed by atoms with Crippen molar-refractivity contribution >= 4 is 28.2 Å². The van der Waals surface area contributed by atoms with E-state index in [0.717, 1.165) is 36.2 Å². The first-order valence-corrected chi connectivity index (χ1v) is 7.05. The number of nitrogens with zero attached hydrogens (tertiary/aromatic N) is 2. The van der Waals surface area contributed by atoms with Crippen LogP contribution in [0.1, 0.15) is 20.3 Å². The lowest BCUT2D eigenvalue weighted by atomic mass is 9.89. The van der Waals surface area contributed by atoms with Crippen molar-refractivity contribution in [3.8, 4) is 0 Å². The molecule has 0 aliphatic rings. The van der Waals surface area contributed by atoms with Gasteiger partial charge in [-0.15, -0.1) is 10.2 Å². The topological polar surface area (TPSA) is 47.0 Å². The van der Waals surface area contributed by atoms with Crippen LogP contribution < -0.4 is 5.32 Å². The van der Waals surface area contributed by atoms with Crippen LogP contribution in [0.15, 0.2) is 24.3 Å². The zero-order valence-corrected chi connectivity index (χ0v) is 12.9. The van der Waals surface area contributed by atoms with E-state index in [4.69, 9.17) is 16.3 Å². The Hall–Kier alpha value is -1.39. The van der Waals surface area contributed by atoms with E-state index in [-0.39, 0.29) is 5.41 Å². The molecule has 0 aliphatic heterocycles. The van der Waals surface area contributed by atoms with Gasteiger partial charge in [0, 0.05) is 31.0 Å². The molecule has 2 aromatic rings. The number of methoxy groups -OCH3 is 1. The van der Waals surface area contributed by atoms with Crippen LogP contribution in [0.5, 0.6) is 0 Å². The van der Waals surface area contributed by atoms with Crippen LogP contribution in [-0.2, 0) is 4.74 Å². The number of nitrogens with one attached hydrogen (secondary N) is 1. The smallest absolute Gasteiger partial charge is 0.159 e. The summed E-state index contributed by atoms with van der Waals surface area (Å²) in [4.78, 5) is 0. The number of hydrogen-bond donors (Lipinski definition) is 1. The van der Waals surface area contributed by atoms with Crippen molar-refractivity contribution in [1.82, 2.24) is 10.2 Å². The fourth-order valence-corrected chi connectivity index (χ4v) is 2.19. The molecule has 1 N–H and O–H groups in total. The maximum Gasteiger partial charge on any atom is 0.159 e. The van der Waals surface area contributed by atoms with Gasteiger partial charge in [0.2, 0.25) is 0 Å². The van der Waals surface area contributed by atoms with E-state index in [0.29, 0.717) is 5.15 Å². The second-order valence-corrected chi connectivity index (χ2v) is 6.00. The van der Waals surface area contributed by atoms with Crippen molar-refractivity contribution in [1.29, 1.82) is 0 Å². The van der Waals surface area contributed by atoms with Gasteiger partial charge in [-0.3, -0.25) is 0 Å². The Morgan fingerprint density at radius 1 is 1.20 bits per heavy atom. The van der Waals surface area contributed by atoms with Gasteiger partial charge in [0.1, 0.15) is 0 Å². The Labute approximate surface area is 124 Å². The Morgan fingerprint density at radius 2 is 1.90 bits per heavy atom. The molecule has 0 fully saturated rings. The number of fused-ring (bicyclic) bond motifs is 1. The van der Waals surface area contributed by atoms with Gasteiger partial charge in [-0.1, -0.05) is 49.7 Å². The number of ether oxygens (including phenoxy) is 1. The highest BCUT2D eigenvalue weighted by Crippen LogP contribution is 2.27. The summed E-state index contributed by atoms with van der Waals surface area (Å²) in [6.07, 6.45) is 0.982. The van der Waals surface area contributed by atoms with E-state index in [1.165, 1.54) is 0 Å². The number of hydrogen-bond acceptors (Lipinski definition) is 4. The van der Waals surface area contributed by atoms with Crippen molar-refractivity contribution in [3.05, 3.63) is 29.4 Å².